The quantitative estimate of drug-likeness (QED) is 0.0947. The van der Waals surface area contributed by atoms with E-state index >= 15 is 0 Å². The van der Waals surface area contributed by atoms with E-state index in [0.717, 1.165) is 43.2 Å². The molecule has 0 N–H and O–H groups in total. The smallest absolute Gasteiger partial charge is 0.0798 e. The minimum atomic E-state index is -1.62. The molecule has 0 spiro atoms. The van der Waals surface area contributed by atoms with E-state index < -0.39 is 20.3 Å². The standard InChI is InChI=1S/C28H24NS.C15H18NSi.Ir/c1-17(2)12-19-10-11-29-26(13-19)24-7-5-6-23-25-15-21-9-8-20(18(3)4)14-22(21)16-27(25)30-28(23)24;1-12-10-14(13-8-6-5-7-9-13)16-11-15(12)17(2,3)4;/h5-6,8-11,13-16,18H,1,12H2,2-4H3;5-8,10-11H,1-4H3;/q2*-1;/i12D2,18D;;. The molecular weight excluding hydrogens is 797 g/mol. The SMILES string of the molecule is Cc1cc(-c2[c-]cccc2)ncc1[Si](C)(C)C.[2H]C(C)(C)c1ccc2cc3c(cc2c1)sc1c(-c2cc(C([2H])([2H])C(=C)C)ccn2)[c-]ccc13.[Ir]. The number of benzene rings is 4. The number of hydrogen-bond donors (Lipinski definition) is 0. The molecule has 3 aromatic heterocycles. The molecule has 0 saturated heterocycles. The minimum absolute atomic E-state index is 0. The first-order chi connectivity index (χ1) is 23.5. The van der Waals surface area contributed by atoms with E-state index in [1.165, 1.54) is 20.8 Å². The van der Waals surface area contributed by atoms with Gasteiger partial charge in [-0.2, -0.15) is 11.3 Å². The van der Waals surface area contributed by atoms with Crippen LogP contribution < -0.4 is 5.19 Å². The molecule has 0 aliphatic carbocycles. The summed E-state index contributed by atoms with van der Waals surface area (Å²) in [7, 11) is -1.27. The number of aromatic nitrogens is 2. The van der Waals surface area contributed by atoms with Gasteiger partial charge in [-0.3, -0.25) is 0 Å². The number of aryl methyl sites for hydroxylation is 1. The van der Waals surface area contributed by atoms with Gasteiger partial charge < -0.3 is 9.97 Å². The van der Waals surface area contributed by atoms with E-state index in [1.807, 2.05) is 50.2 Å². The molecule has 3 heterocycles. The van der Waals surface area contributed by atoms with Gasteiger partial charge in [0.05, 0.1) is 8.07 Å². The van der Waals surface area contributed by atoms with Crippen LogP contribution in [0.4, 0.5) is 0 Å². The third kappa shape index (κ3) is 7.77. The van der Waals surface area contributed by atoms with Crippen LogP contribution in [0, 0.1) is 19.1 Å². The first kappa shape index (κ1) is 31.5. The van der Waals surface area contributed by atoms with Crippen LogP contribution >= 0.6 is 11.3 Å². The largest absolute Gasteiger partial charge is 0.305 e. The van der Waals surface area contributed by atoms with Gasteiger partial charge in [0.25, 0.3) is 0 Å². The Kier molecular flexibility index (Phi) is 9.72. The number of hydrogen-bond acceptors (Lipinski definition) is 3. The predicted molar refractivity (Wildman–Crippen MR) is 208 cm³/mol. The summed E-state index contributed by atoms with van der Waals surface area (Å²) in [4.78, 5) is 9.13. The van der Waals surface area contributed by atoms with Gasteiger partial charge in [0.1, 0.15) is 0 Å². The Morgan fingerprint density at radius 3 is 2.42 bits per heavy atom. The van der Waals surface area contributed by atoms with Gasteiger partial charge in [-0.1, -0.05) is 86.9 Å². The molecule has 0 bridgehead atoms. The van der Waals surface area contributed by atoms with Gasteiger partial charge in [0.15, 0.2) is 0 Å². The molecule has 0 unspecified atom stereocenters. The van der Waals surface area contributed by atoms with Crippen molar-refractivity contribution in [3.8, 4) is 22.5 Å². The third-order valence-electron chi connectivity index (χ3n) is 8.25. The maximum Gasteiger partial charge on any atom is 0.0798 e. The van der Waals surface area contributed by atoms with Crippen molar-refractivity contribution < 1.29 is 24.2 Å². The molecule has 245 valence electrons. The topological polar surface area (TPSA) is 25.8 Å². The van der Waals surface area contributed by atoms with Crippen molar-refractivity contribution in [3.63, 3.8) is 0 Å². The molecule has 2 nitrogen and oxygen atoms in total. The zero-order chi connectivity index (χ0) is 36.0. The molecule has 0 aliphatic heterocycles. The molecule has 7 rings (SSSR count). The van der Waals surface area contributed by atoms with Crippen LogP contribution in [0.25, 0.3) is 53.5 Å². The van der Waals surface area contributed by atoms with Gasteiger partial charge in [0, 0.05) is 41.3 Å². The fourth-order valence-electron chi connectivity index (χ4n) is 5.92. The van der Waals surface area contributed by atoms with Gasteiger partial charge in [-0.05, 0) is 92.9 Å². The second-order valence-corrected chi connectivity index (χ2v) is 19.4. The Morgan fingerprint density at radius 2 is 1.73 bits per heavy atom. The van der Waals surface area contributed by atoms with Crippen LogP contribution in [0.5, 0.6) is 0 Å². The van der Waals surface area contributed by atoms with E-state index in [2.05, 4.69) is 104 Å². The molecular formula is C43H42IrN2SSi-2. The predicted octanol–water partition coefficient (Wildman–Crippen LogP) is 11.7. The van der Waals surface area contributed by atoms with Gasteiger partial charge in [0.2, 0.25) is 0 Å². The van der Waals surface area contributed by atoms with E-state index in [1.54, 1.807) is 30.5 Å². The molecule has 0 aliphatic rings. The second-order valence-electron chi connectivity index (χ2n) is 13.4. The summed E-state index contributed by atoms with van der Waals surface area (Å²) in [5, 5.41) is 6.05. The van der Waals surface area contributed by atoms with E-state index in [-0.39, 0.29) is 20.1 Å². The summed E-state index contributed by atoms with van der Waals surface area (Å²) in [5.74, 6) is -0.642. The monoisotopic (exact) mass is 842 g/mol. The zero-order valence-corrected chi connectivity index (χ0v) is 32.8. The summed E-state index contributed by atoms with van der Waals surface area (Å²) in [6.45, 7) is 18.6. The fourth-order valence-corrected chi connectivity index (χ4v) is 8.86. The molecule has 5 heteroatoms. The Bertz CT molecular complexity index is 2370. The van der Waals surface area contributed by atoms with Crippen LogP contribution in [0.3, 0.4) is 0 Å². The number of fused-ring (bicyclic) bond motifs is 4. The molecule has 48 heavy (non-hydrogen) atoms. The van der Waals surface area contributed by atoms with Crippen LogP contribution in [-0.4, -0.2) is 18.0 Å². The van der Waals surface area contributed by atoms with Crippen LogP contribution in [0.1, 0.15) is 47.5 Å². The third-order valence-corrected chi connectivity index (χ3v) is 11.6. The summed E-state index contributed by atoms with van der Waals surface area (Å²) >= 11 is 1.70. The Hall–Kier alpha value is -3.73. The van der Waals surface area contributed by atoms with Crippen molar-refractivity contribution in [2.24, 2.45) is 0 Å². The molecule has 0 fully saturated rings. The van der Waals surface area contributed by atoms with Crippen LogP contribution in [0.15, 0.2) is 109 Å². The molecule has 7 aromatic rings. The number of thiophene rings is 1. The van der Waals surface area contributed by atoms with Crippen molar-refractivity contribution in [1.29, 1.82) is 0 Å². The normalized spacial score (nSPS) is 12.9. The van der Waals surface area contributed by atoms with Gasteiger partial charge in [-0.15, -0.1) is 59.7 Å². The number of nitrogens with zero attached hydrogens (tertiary/aromatic N) is 2. The van der Waals surface area contributed by atoms with Gasteiger partial charge in [-0.25, -0.2) is 0 Å². The van der Waals surface area contributed by atoms with Crippen molar-refractivity contribution in [2.45, 2.75) is 59.6 Å². The molecule has 0 saturated carbocycles. The first-order valence-corrected chi connectivity index (χ1v) is 20.2. The first-order valence-electron chi connectivity index (χ1n) is 17.4. The van der Waals surface area contributed by atoms with Gasteiger partial charge >= 0.3 is 0 Å². The number of rotatable bonds is 6. The Labute approximate surface area is 308 Å². The summed E-state index contributed by atoms with van der Waals surface area (Å²) < 4.78 is 27.4. The van der Waals surface area contributed by atoms with E-state index in [9.17, 15) is 0 Å². The zero-order valence-electron chi connectivity index (χ0n) is 31.6. The van der Waals surface area contributed by atoms with E-state index in [0.29, 0.717) is 16.8 Å². The Balaban J connectivity index is 0.000000237. The van der Waals surface area contributed by atoms with Crippen LogP contribution in [0.2, 0.25) is 19.6 Å². The Morgan fingerprint density at radius 1 is 0.917 bits per heavy atom. The van der Waals surface area contributed by atoms with Crippen molar-refractivity contribution >= 4 is 55.5 Å². The summed E-state index contributed by atoms with van der Waals surface area (Å²) in [6, 6.07) is 34.9. The van der Waals surface area contributed by atoms with Crippen LogP contribution in [-0.2, 0) is 26.5 Å². The molecule has 4 aromatic carbocycles. The van der Waals surface area contributed by atoms with Crippen molar-refractivity contribution in [2.75, 3.05) is 0 Å². The molecule has 0 atom stereocenters. The summed E-state index contributed by atoms with van der Waals surface area (Å²) in [5.41, 5.74) is 7.03. The minimum Gasteiger partial charge on any atom is -0.305 e. The maximum absolute atomic E-state index is 8.39. The van der Waals surface area contributed by atoms with Crippen molar-refractivity contribution in [3.05, 3.63) is 138 Å². The number of allylic oxidation sites excluding steroid dienone is 1. The number of pyridine rings is 2. The van der Waals surface area contributed by atoms with Crippen molar-refractivity contribution in [1.82, 2.24) is 9.97 Å². The molecule has 1 radical (unpaired) electrons. The summed E-state index contributed by atoms with van der Waals surface area (Å²) in [6.07, 6.45) is 2.09. The average molecular weight is 842 g/mol. The maximum atomic E-state index is 8.39. The second kappa shape index (κ2) is 14.8. The fraction of sp³-hybridized carbons (Fsp3) is 0.209. The average Bonchev–Trinajstić information content (AvgIpc) is 3.44. The molecule has 0 amide bonds. The van der Waals surface area contributed by atoms with E-state index in [4.69, 9.17) is 4.11 Å².